The Kier molecular flexibility index (Phi) is 3.33. The summed E-state index contributed by atoms with van der Waals surface area (Å²) in [4.78, 5) is 0. The maximum atomic E-state index is 10.3. The van der Waals surface area contributed by atoms with Gasteiger partial charge in [0.05, 0.1) is 5.60 Å². The zero-order chi connectivity index (χ0) is 11.6. The van der Waals surface area contributed by atoms with Crippen LogP contribution in [0, 0.1) is 5.92 Å². The second kappa shape index (κ2) is 4.58. The Labute approximate surface area is 97.5 Å². The molecular formula is C13H22N2O. The van der Waals surface area contributed by atoms with Crippen LogP contribution in [0.1, 0.15) is 44.7 Å². The van der Waals surface area contributed by atoms with E-state index >= 15 is 0 Å². The van der Waals surface area contributed by atoms with Crippen molar-refractivity contribution in [2.24, 2.45) is 13.0 Å². The van der Waals surface area contributed by atoms with Gasteiger partial charge in [-0.1, -0.05) is 19.3 Å². The Hall–Kier alpha value is -0.830. The van der Waals surface area contributed by atoms with Gasteiger partial charge in [-0.25, -0.2) is 0 Å². The molecule has 1 N–H and O–H groups in total. The molecule has 2 rings (SSSR count). The summed E-state index contributed by atoms with van der Waals surface area (Å²) in [5.41, 5.74) is 0.698. The second-order valence-electron chi connectivity index (χ2n) is 5.44. The molecule has 0 saturated heterocycles. The van der Waals surface area contributed by atoms with Gasteiger partial charge >= 0.3 is 0 Å². The molecule has 0 bridgehead atoms. The highest BCUT2D eigenvalue weighted by molar-refractivity contribution is 5.01. The normalized spacial score (nSPS) is 20.4. The number of aryl methyl sites for hydroxylation is 2. The van der Waals surface area contributed by atoms with Crippen molar-refractivity contribution in [1.29, 1.82) is 0 Å². The molecular weight excluding hydrogens is 200 g/mol. The summed E-state index contributed by atoms with van der Waals surface area (Å²) in [6, 6.07) is 2.03. The summed E-state index contributed by atoms with van der Waals surface area (Å²) in [5.74, 6) is 0.765. The molecule has 1 aromatic rings. The van der Waals surface area contributed by atoms with Gasteiger partial charge in [0.15, 0.2) is 0 Å². The largest absolute Gasteiger partial charge is 0.390 e. The van der Waals surface area contributed by atoms with Crippen molar-refractivity contribution in [3.05, 3.63) is 18.0 Å². The third kappa shape index (κ3) is 2.85. The van der Waals surface area contributed by atoms with Crippen molar-refractivity contribution in [1.82, 2.24) is 9.78 Å². The average Bonchev–Trinajstić information content (AvgIpc) is 2.55. The van der Waals surface area contributed by atoms with Crippen LogP contribution in [-0.2, 0) is 13.5 Å². The van der Waals surface area contributed by atoms with Gasteiger partial charge in [0.2, 0.25) is 0 Å². The fraction of sp³-hybridized carbons (Fsp3) is 0.769. The zero-order valence-corrected chi connectivity index (χ0v) is 10.3. The highest BCUT2D eigenvalue weighted by Gasteiger charge is 2.28. The Balaban J connectivity index is 1.81. The van der Waals surface area contributed by atoms with Crippen LogP contribution < -0.4 is 0 Å². The summed E-state index contributed by atoms with van der Waals surface area (Å²) >= 11 is 0. The lowest BCUT2D eigenvalue weighted by Crippen LogP contribution is -2.31. The first-order valence-corrected chi connectivity index (χ1v) is 6.26. The number of hydrogen-bond acceptors (Lipinski definition) is 2. The van der Waals surface area contributed by atoms with E-state index in [1.165, 1.54) is 25.0 Å². The van der Waals surface area contributed by atoms with Crippen LogP contribution in [-0.4, -0.2) is 20.5 Å². The van der Waals surface area contributed by atoms with Crippen molar-refractivity contribution in [2.75, 3.05) is 0 Å². The third-order valence-electron chi connectivity index (χ3n) is 3.80. The molecule has 1 heterocycles. The minimum Gasteiger partial charge on any atom is -0.390 e. The predicted octanol–water partition coefficient (Wildman–Crippen LogP) is 2.29. The van der Waals surface area contributed by atoms with Crippen LogP contribution >= 0.6 is 0 Å². The lowest BCUT2D eigenvalue weighted by molar-refractivity contribution is 0.0124. The Bertz CT molecular complexity index is 339. The fourth-order valence-electron chi connectivity index (χ4n) is 2.46. The lowest BCUT2D eigenvalue weighted by Gasteiger charge is -2.33. The molecule has 1 saturated carbocycles. The number of aromatic nitrogens is 2. The van der Waals surface area contributed by atoms with E-state index < -0.39 is 5.60 Å². The van der Waals surface area contributed by atoms with E-state index in [0.717, 1.165) is 25.2 Å². The number of rotatable bonds is 5. The molecule has 1 unspecified atom stereocenters. The van der Waals surface area contributed by atoms with Crippen molar-refractivity contribution in [3.63, 3.8) is 0 Å². The monoisotopic (exact) mass is 222 g/mol. The number of hydrogen-bond donors (Lipinski definition) is 1. The first-order valence-electron chi connectivity index (χ1n) is 6.26. The van der Waals surface area contributed by atoms with E-state index in [0.29, 0.717) is 0 Å². The Morgan fingerprint density at radius 3 is 2.81 bits per heavy atom. The van der Waals surface area contributed by atoms with Gasteiger partial charge < -0.3 is 5.11 Å². The van der Waals surface area contributed by atoms with Gasteiger partial charge in [-0.3, -0.25) is 4.68 Å². The SMILES string of the molecule is Cn1nccc1CCC(C)(O)CC1CCC1. The van der Waals surface area contributed by atoms with E-state index in [4.69, 9.17) is 0 Å². The van der Waals surface area contributed by atoms with Crippen molar-refractivity contribution in [3.8, 4) is 0 Å². The number of nitrogens with zero attached hydrogens (tertiary/aromatic N) is 2. The molecule has 1 aliphatic carbocycles. The molecule has 1 aromatic heterocycles. The highest BCUT2D eigenvalue weighted by atomic mass is 16.3. The highest BCUT2D eigenvalue weighted by Crippen LogP contribution is 2.35. The summed E-state index contributed by atoms with van der Waals surface area (Å²) in [6.07, 6.45) is 8.49. The van der Waals surface area contributed by atoms with Gasteiger partial charge in [0.1, 0.15) is 0 Å². The maximum absolute atomic E-state index is 10.3. The molecule has 3 nitrogen and oxygen atoms in total. The predicted molar refractivity (Wildman–Crippen MR) is 64.1 cm³/mol. The van der Waals surface area contributed by atoms with E-state index in [9.17, 15) is 5.11 Å². The number of aliphatic hydroxyl groups is 1. The molecule has 0 aliphatic heterocycles. The summed E-state index contributed by atoms with van der Waals surface area (Å²) in [6.45, 7) is 1.97. The summed E-state index contributed by atoms with van der Waals surface area (Å²) in [5, 5.41) is 14.5. The third-order valence-corrected chi connectivity index (χ3v) is 3.80. The van der Waals surface area contributed by atoms with Crippen molar-refractivity contribution >= 4 is 0 Å². The van der Waals surface area contributed by atoms with E-state index in [-0.39, 0.29) is 0 Å². The van der Waals surface area contributed by atoms with Crippen LogP contribution in [0.5, 0.6) is 0 Å². The topological polar surface area (TPSA) is 38.0 Å². The van der Waals surface area contributed by atoms with Crippen LogP contribution in [0.25, 0.3) is 0 Å². The Morgan fingerprint density at radius 2 is 2.31 bits per heavy atom. The van der Waals surface area contributed by atoms with Gasteiger partial charge in [-0.15, -0.1) is 0 Å². The molecule has 3 heteroatoms. The van der Waals surface area contributed by atoms with Crippen molar-refractivity contribution < 1.29 is 5.11 Å². The lowest BCUT2D eigenvalue weighted by atomic mass is 9.76. The van der Waals surface area contributed by atoms with E-state index in [2.05, 4.69) is 5.10 Å². The minimum absolute atomic E-state index is 0.505. The van der Waals surface area contributed by atoms with Crippen LogP contribution in [0.4, 0.5) is 0 Å². The molecule has 0 amide bonds. The molecule has 0 spiro atoms. The Morgan fingerprint density at radius 1 is 1.56 bits per heavy atom. The van der Waals surface area contributed by atoms with Crippen molar-refractivity contribution in [2.45, 2.75) is 51.0 Å². The first-order chi connectivity index (χ1) is 7.57. The summed E-state index contributed by atoms with van der Waals surface area (Å²) in [7, 11) is 1.95. The maximum Gasteiger partial charge on any atom is 0.0626 e. The molecule has 0 radical (unpaired) electrons. The molecule has 90 valence electrons. The molecule has 1 aliphatic rings. The van der Waals surface area contributed by atoms with E-state index in [1.54, 1.807) is 0 Å². The average molecular weight is 222 g/mol. The molecule has 1 atom stereocenters. The van der Waals surface area contributed by atoms with Gasteiger partial charge in [0, 0.05) is 18.9 Å². The van der Waals surface area contributed by atoms with Gasteiger partial charge in [-0.2, -0.15) is 5.10 Å². The standard InChI is InChI=1S/C13H22N2O/c1-13(16,10-11-4-3-5-11)8-6-12-7-9-14-15(12)2/h7,9,11,16H,3-6,8,10H2,1-2H3. The van der Waals surface area contributed by atoms with E-state index in [1.807, 2.05) is 30.9 Å². The molecule has 0 aromatic carbocycles. The van der Waals surface area contributed by atoms with Gasteiger partial charge in [0.25, 0.3) is 0 Å². The van der Waals surface area contributed by atoms with Gasteiger partial charge in [-0.05, 0) is 38.2 Å². The molecule has 16 heavy (non-hydrogen) atoms. The molecule has 1 fully saturated rings. The second-order valence-corrected chi connectivity index (χ2v) is 5.44. The first kappa shape index (κ1) is 11.6. The zero-order valence-electron chi connectivity index (χ0n) is 10.3. The quantitative estimate of drug-likeness (QED) is 0.830. The van der Waals surface area contributed by atoms with Crippen LogP contribution in [0.15, 0.2) is 12.3 Å². The fourth-order valence-corrected chi connectivity index (χ4v) is 2.46. The summed E-state index contributed by atoms with van der Waals surface area (Å²) < 4.78 is 1.89. The smallest absolute Gasteiger partial charge is 0.0626 e. The van der Waals surface area contributed by atoms with Crippen LogP contribution in [0.3, 0.4) is 0 Å². The minimum atomic E-state index is -0.505. The van der Waals surface area contributed by atoms with Crippen LogP contribution in [0.2, 0.25) is 0 Å².